The first kappa shape index (κ1) is 9.93. The number of nitrogens with one attached hydrogen (secondary N) is 1. The molecule has 0 aromatic rings. The second kappa shape index (κ2) is 4.28. The topological polar surface area (TPSA) is 52.6 Å². The van der Waals surface area contributed by atoms with Crippen LogP contribution in [0.25, 0.3) is 0 Å². The lowest BCUT2D eigenvalue weighted by Gasteiger charge is -2.27. The molecule has 2 N–H and O–H groups in total. The largest absolute Gasteiger partial charge is 0.391 e. The minimum Gasteiger partial charge on any atom is -0.391 e. The number of carbonyl (C=O) groups excluding carboxylic acids is 1. The van der Waals surface area contributed by atoms with Crippen molar-refractivity contribution in [3.8, 4) is 0 Å². The molecule has 0 saturated carbocycles. The number of nitrogens with zero attached hydrogens (tertiary/aromatic N) is 1. The summed E-state index contributed by atoms with van der Waals surface area (Å²) in [5.41, 5.74) is 0. The Bertz CT molecular complexity index is 207. The van der Waals surface area contributed by atoms with Crippen LogP contribution in [0.5, 0.6) is 0 Å². The van der Waals surface area contributed by atoms with E-state index in [2.05, 4.69) is 5.32 Å². The molecule has 0 spiro atoms. The molecular weight excluding hydrogens is 180 g/mol. The van der Waals surface area contributed by atoms with Crippen LogP contribution in [0.4, 0.5) is 0 Å². The van der Waals surface area contributed by atoms with E-state index in [1.54, 1.807) is 4.90 Å². The van der Waals surface area contributed by atoms with Crippen molar-refractivity contribution in [1.29, 1.82) is 0 Å². The normalized spacial score (nSPS) is 33.4. The number of amides is 1. The summed E-state index contributed by atoms with van der Waals surface area (Å²) in [7, 11) is 0. The SMILES string of the molecule is O=C(C1CCCCN1)N1CC[C@@H](O)C1. The molecule has 2 fully saturated rings. The van der Waals surface area contributed by atoms with Gasteiger partial charge in [0.05, 0.1) is 12.1 Å². The molecule has 2 saturated heterocycles. The molecule has 0 radical (unpaired) electrons. The van der Waals surface area contributed by atoms with Crippen LogP contribution >= 0.6 is 0 Å². The third kappa shape index (κ3) is 2.07. The molecule has 2 aliphatic rings. The minimum atomic E-state index is -0.303. The number of hydrogen-bond acceptors (Lipinski definition) is 3. The van der Waals surface area contributed by atoms with Crippen molar-refractivity contribution in [2.45, 2.75) is 37.8 Å². The van der Waals surface area contributed by atoms with E-state index >= 15 is 0 Å². The molecular formula is C10H18N2O2. The van der Waals surface area contributed by atoms with E-state index in [1.807, 2.05) is 0 Å². The Labute approximate surface area is 84.3 Å². The van der Waals surface area contributed by atoms with Crippen LogP contribution in [0.3, 0.4) is 0 Å². The van der Waals surface area contributed by atoms with Crippen LogP contribution in [-0.4, -0.2) is 47.7 Å². The van der Waals surface area contributed by atoms with Crippen LogP contribution in [-0.2, 0) is 4.79 Å². The van der Waals surface area contributed by atoms with Crippen molar-refractivity contribution in [3.63, 3.8) is 0 Å². The van der Waals surface area contributed by atoms with Gasteiger partial charge in [-0.3, -0.25) is 4.79 Å². The van der Waals surface area contributed by atoms with Gasteiger partial charge in [-0.15, -0.1) is 0 Å². The van der Waals surface area contributed by atoms with E-state index in [1.165, 1.54) is 6.42 Å². The molecule has 2 atom stereocenters. The fraction of sp³-hybridized carbons (Fsp3) is 0.900. The van der Waals surface area contributed by atoms with Gasteiger partial charge < -0.3 is 15.3 Å². The highest BCUT2D eigenvalue weighted by Gasteiger charge is 2.30. The first-order valence-electron chi connectivity index (χ1n) is 5.47. The fourth-order valence-electron chi connectivity index (χ4n) is 2.22. The van der Waals surface area contributed by atoms with E-state index in [9.17, 15) is 9.90 Å². The lowest BCUT2D eigenvalue weighted by Crippen LogP contribution is -2.48. The molecule has 0 aliphatic carbocycles. The summed E-state index contributed by atoms with van der Waals surface area (Å²) in [6, 6.07) is 0.00838. The maximum atomic E-state index is 11.9. The van der Waals surface area contributed by atoms with Crippen molar-refractivity contribution in [3.05, 3.63) is 0 Å². The lowest BCUT2D eigenvalue weighted by atomic mass is 10.0. The van der Waals surface area contributed by atoms with Crippen molar-refractivity contribution in [2.24, 2.45) is 0 Å². The molecule has 2 aliphatic heterocycles. The Morgan fingerprint density at radius 2 is 2.21 bits per heavy atom. The van der Waals surface area contributed by atoms with E-state index in [0.717, 1.165) is 32.4 Å². The van der Waals surface area contributed by atoms with Gasteiger partial charge in [0.15, 0.2) is 0 Å². The number of aliphatic hydroxyl groups excluding tert-OH is 1. The van der Waals surface area contributed by atoms with Crippen molar-refractivity contribution >= 4 is 5.91 Å². The maximum Gasteiger partial charge on any atom is 0.239 e. The second-order valence-corrected chi connectivity index (χ2v) is 4.23. The van der Waals surface area contributed by atoms with Crippen molar-refractivity contribution in [1.82, 2.24) is 10.2 Å². The quantitative estimate of drug-likeness (QED) is 0.609. The number of aliphatic hydroxyl groups is 1. The minimum absolute atomic E-state index is 0.00838. The van der Waals surface area contributed by atoms with Crippen LogP contribution in [0.1, 0.15) is 25.7 Å². The standard InChI is InChI=1S/C10H18N2O2/c13-8-4-6-12(7-8)10(14)9-3-1-2-5-11-9/h8-9,11,13H,1-7H2/t8-,9?/m1/s1. The Morgan fingerprint density at radius 3 is 2.79 bits per heavy atom. The van der Waals surface area contributed by atoms with Crippen molar-refractivity contribution in [2.75, 3.05) is 19.6 Å². The summed E-state index contributed by atoms with van der Waals surface area (Å²) in [5.74, 6) is 0.182. The number of likely N-dealkylation sites (tertiary alicyclic amines) is 1. The number of β-amino-alcohol motifs (C(OH)–C–C–N with tert-alkyl or cyclic N) is 1. The van der Waals surface area contributed by atoms with Gasteiger partial charge in [-0.2, -0.15) is 0 Å². The van der Waals surface area contributed by atoms with Crippen molar-refractivity contribution < 1.29 is 9.90 Å². The van der Waals surface area contributed by atoms with Gasteiger partial charge in [-0.05, 0) is 25.8 Å². The number of hydrogen-bond donors (Lipinski definition) is 2. The fourth-order valence-corrected chi connectivity index (χ4v) is 2.22. The summed E-state index contributed by atoms with van der Waals surface area (Å²) < 4.78 is 0. The summed E-state index contributed by atoms with van der Waals surface area (Å²) in [6.45, 7) is 2.20. The van der Waals surface area contributed by atoms with E-state index in [-0.39, 0.29) is 18.1 Å². The van der Waals surface area contributed by atoms with Gasteiger partial charge in [0, 0.05) is 13.1 Å². The maximum absolute atomic E-state index is 11.9. The number of piperidine rings is 1. The van der Waals surface area contributed by atoms with Gasteiger partial charge in [0.2, 0.25) is 5.91 Å². The van der Waals surface area contributed by atoms with Gasteiger partial charge in [0.1, 0.15) is 0 Å². The van der Waals surface area contributed by atoms with Crippen LogP contribution < -0.4 is 5.32 Å². The van der Waals surface area contributed by atoms with Crippen LogP contribution in [0, 0.1) is 0 Å². The molecule has 1 amide bonds. The Hall–Kier alpha value is -0.610. The zero-order valence-electron chi connectivity index (χ0n) is 8.41. The zero-order valence-corrected chi connectivity index (χ0v) is 8.41. The highest BCUT2D eigenvalue weighted by molar-refractivity contribution is 5.82. The molecule has 1 unspecified atom stereocenters. The monoisotopic (exact) mass is 198 g/mol. The van der Waals surface area contributed by atoms with E-state index in [4.69, 9.17) is 0 Å². The molecule has 4 heteroatoms. The Morgan fingerprint density at radius 1 is 1.36 bits per heavy atom. The molecule has 4 nitrogen and oxygen atoms in total. The number of carbonyl (C=O) groups is 1. The predicted octanol–water partition coefficient (Wildman–Crippen LogP) is -0.278. The van der Waals surface area contributed by atoms with Crippen LogP contribution in [0.15, 0.2) is 0 Å². The predicted molar refractivity (Wildman–Crippen MR) is 52.8 cm³/mol. The lowest BCUT2D eigenvalue weighted by molar-refractivity contribution is -0.133. The van der Waals surface area contributed by atoms with E-state index in [0.29, 0.717) is 6.54 Å². The Balaban J connectivity index is 1.87. The van der Waals surface area contributed by atoms with E-state index < -0.39 is 0 Å². The summed E-state index contributed by atoms with van der Waals surface area (Å²) in [5, 5.41) is 12.6. The summed E-state index contributed by atoms with van der Waals surface area (Å²) in [6.07, 6.45) is 3.69. The van der Waals surface area contributed by atoms with Crippen LogP contribution in [0.2, 0.25) is 0 Å². The first-order valence-corrected chi connectivity index (χ1v) is 5.47. The summed E-state index contributed by atoms with van der Waals surface area (Å²) in [4.78, 5) is 13.7. The number of rotatable bonds is 1. The van der Waals surface area contributed by atoms with Gasteiger partial charge in [0.25, 0.3) is 0 Å². The highest BCUT2D eigenvalue weighted by Crippen LogP contribution is 2.14. The third-order valence-electron chi connectivity index (χ3n) is 3.08. The highest BCUT2D eigenvalue weighted by atomic mass is 16.3. The average molecular weight is 198 g/mol. The molecule has 0 bridgehead atoms. The molecule has 0 aromatic heterocycles. The first-order chi connectivity index (χ1) is 6.77. The van der Waals surface area contributed by atoms with Gasteiger partial charge in [-0.25, -0.2) is 0 Å². The molecule has 80 valence electrons. The zero-order chi connectivity index (χ0) is 9.97. The average Bonchev–Trinajstić information content (AvgIpc) is 2.65. The molecule has 14 heavy (non-hydrogen) atoms. The second-order valence-electron chi connectivity index (χ2n) is 4.23. The molecule has 2 heterocycles. The third-order valence-corrected chi connectivity index (χ3v) is 3.08. The van der Waals surface area contributed by atoms with Gasteiger partial charge in [-0.1, -0.05) is 6.42 Å². The Kier molecular flexibility index (Phi) is 3.03. The smallest absolute Gasteiger partial charge is 0.239 e. The molecule has 2 rings (SSSR count). The van der Waals surface area contributed by atoms with Gasteiger partial charge >= 0.3 is 0 Å². The molecule has 0 aromatic carbocycles. The summed E-state index contributed by atoms with van der Waals surface area (Å²) >= 11 is 0.